The molecular weight excluding hydrogens is 470 g/mol. The zero-order chi connectivity index (χ0) is 26.2. The number of aliphatic hydroxyl groups is 1. The van der Waals surface area contributed by atoms with E-state index in [1.54, 1.807) is 36.4 Å². The third kappa shape index (κ3) is 6.83. The van der Waals surface area contributed by atoms with Crippen molar-refractivity contribution in [2.24, 2.45) is 5.73 Å². The Kier molecular flexibility index (Phi) is 8.63. The summed E-state index contributed by atoms with van der Waals surface area (Å²) in [6.45, 7) is 1.25. The summed E-state index contributed by atoms with van der Waals surface area (Å²) in [7, 11) is 1.46. The molecule has 190 valence electrons. The van der Waals surface area contributed by atoms with Gasteiger partial charge in [-0.15, -0.1) is 0 Å². The molecule has 0 saturated heterocycles. The number of methoxy groups -OCH3 is 1. The number of nitrogens with one attached hydrogen (secondary N) is 2. The molecular formula is C25H27N3O8. The molecule has 3 aromatic rings. The summed E-state index contributed by atoms with van der Waals surface area (Å²) < 4.78 is 15.4. The molecule has 2 aromatic carbocycles. The van der Waals surface area contributed by atoms with Gasteiger partial charge in [0.2, 0.25) is 11.8 Å². The maximum atomic E-state index is 12.9. The van der Waals surface area contributed by atoms with E-state index < -0.39 is 41.7 Å². The number of benzene rings is 2. The largest absolute Gasteiger partial charge is 0.497 e. The zero-order valence-corrected chi connectivity index (χ0v) is 19.7. The molecule has 0 radical (unpaired) electrons. The van der Waals surface area contributed by atoms with Gasteiger partial charge in [-0.05, 0) is 30.2 Å². The summed E-state index contributed by atoms with van der Waals surface area (Å²) in [6.07, 6.45) is -2.39. The number of ether oxygens (including phenoxy) is 2. The number of hydrogen-bond acceptors (Lipinski definition) is 8. The van der Waals surface area contributed by atoms with Crippen molar-refractivity contribution in [3.8, 4) is 5.75 Å². The van der Waals surface area contributed by atoms with Gasteiger partial charge in [0.1, 0.15) is 30.0 Å². The minimum Gasteiger partial charge on any atom is -0.497 e. The Morgan fingerprint density at radius 2 is 1.81 bits per heavy atom. The fourth-order valence-corrected chi connectivity index (χ4v) is 3.51. The fourth-order valence-electron chi connectivity index (χ4n) is 3.51. The molecule has 0 saturated carbocycles. The summed E-state index contributed by atoms with van der Waals surface area (Å²) in [6, 6.07) is 12.2. The summed E-state index contributed by atoms with van der Waals surface area (Å²) >= 11 is 0. The minimum absolute atomic E-state index is 0.0425. The third-order valence-corrected chi connectivity index (χ3v) is 5.37. The zero-order valence-electron chi connectivity index (χ0n) is 19.7. The van der Waals surface area contributed by atoms with Crippen LogP contribution in [0.1, 0.15) is 18.1 Å². The predicted molar refractivity (Wildman–Crippen MR) is 129 cm³/mol. The molecule has 11 heteroatoms. The molecule has 0 spiro atoms. The summed E-state index contributed by atoms with van der Waals surface area (Å²) in [4.78, 5) is 49.3. The lowest BCUT2D eigenvalue weighted by atomic mass is 10.0. The molecule has 3 atom stereocenters. The first kappa shape index (κ1) is 26.2. The molecule has 5 N–H and O–H groups in total. The highest BCUT2D eigenvalue weighted by atomic mass is 16.5. The van der Waals surface area contributed by atoms with Gasteiger partial charge < -0.3 is 35.4 Å². The van der Waals surface area contributed by atoms with E-state index in [0.29, 0.717) is 16.7 Å². The number of fused-ring (bicyclic) bond motifs is 1. The first-order valence-electron chi connectivity index (χ1n) is 11.0. The van der Waals surface area contributed by atoms with Crippen molar-refractivity contribution in [2.45, 2.75) is 38.1 Å². The molecule has 0 fully saturated rings. The van der Waals surface area contributed by atoms with Crippen LogP contribution in [0.4, 0.5) is 4.79 Å². The van der Waals surface area contributed by atoms with Crippen molar-refractivity contribution in [2.75, 3.05) is 7.11 Å². The van der Waals surface area contributed by atoms with Crippen molar-refractivity contribution < 1.29 is 33.4 Å². The highest BCUT2D eigenvalue weighted by Gasteiger charge is 2.30. The van der Waals surface area contributed by atoms with Crippen molar-refractivity contribution in [1.82, 2.24) is 10.6 Å². The number of hydrogen-bond donors (Lipinski definition) is 4. The molecule has 1 aromatic heterocycles. The Morgan fingerprint density at radius 3 is 2.44 bits per heavy atom. The van der Waals surface area contributed by atoms with Gasteiger partial charge in [-0.1, -0.05) is 30.3 Å². The van der Waals surface area contributed by atoms with Crippen molar-refractivity contribution in [3.05, 3.63) is 76.1 Å². The molecule has 0 aliphatic heterocycles. The molecule has 0 bridgehead atoms. The lowest BCUT2D eigenvalue weighted by Gasteiger charge is -2.23. The van der Waals surface area contributed by atoms with E-state index in [9.17, 15) is 24.3 Å². The normalized spacial score (nSPS) is 13.3. The van der Waals surface area contributed by atoms with Crippen LogP contribution in [0.3, 0.4) is 0 Å². The van der Waals surface area contributed by atoms with Crippen LogP contribution in [-0.4, -0.2) is 48.3 Å². The highest BCUT2D eigenvalue weighted by Crippen LogP contribution is 2.23. The Balaban J connectivity index is 1.73. The Labute approximate surface area is 206 Å². The van der Waals surface area contributed by atoms with E-state index >= 15 is 0 Å². The summed E-state index contributed by atoms with van der Waals surface area (Å²) in [5.74, 6) is -1.28. The van der Waals surface area contributed by atoms with E-state index in [0.717, 1.165) is 5.56 Å². The van der Waals surface area contributed by atoms with Crippen LogP contribution in [0.5, 0.6) is 5.75 Å². The van der Waals surface area contributed by atoms with E-state index in [-0.39, 0.29) is 18.6 Å². The SMILES string of the molecule is COc1ccc2c(C[C@H](NC(=O)[C@@H](NC(=O)OCc3ccccc3)[C@@H](C)O)C(N)=O)cc(=O)oc2c1. The first-order chi connectivity index (χ1) is 17.2. The van der Waals surface area contributed by atoms with Gasteiger partial charge in [-0.3, -0.25) is 9.59 Å². The standard InChI is InChI=1S/C25H27N3O8/c1-14(29)22(28-25(33)35-13-15-6-4-3-5-7-15)24(32)27-19(23(26)31)10-16-11-21(30)36-20-12-17(34-2)8-9-18(16)20/h3-9,11-12,14,19,22,29H,10,13H2,1-2H3,(H2,26,31)(H,27,32)(H,28,33)/t14-,19+,22+/m1/s1. The Morgan fingerprint density at radius 1 is 1.08 bits per heavy atom. The van der Waals surface area contributed by atoms with Crippen LogP contribution in [0, 0.1) is 0 Å². The molecule has 3 amide bonds. The average Bonchev–Trinajstić information content (AvgIpc) is 2.85. The van der Waals surface area contributed by atoms with Gasteiger partial charge in [-0.25, -0.2) is 9.59 Å². The lowest BCUT2D eigenvalue weighted by Crippen LogP contribution is -2.57. The van der Waals surface area contributed by atoms with Crippen molar-refractivity contribution in [3.63, 3.8) is 0 Å². The number of primary amides is 1. The number of nitrogens with two attached hydrogens (primary N) is 1. The molecule has 0 aliphatic rings. The molecule has 0 unspecified atom stereocenters. The first-order valence-corrected chi connectivity index (χ1v) is 11.0. The van der Waals surface area contributed by atoms with Crippen molar-refractivity contribution >= 4 is 28.9 Å². The molecule has 3 rings (SSSR count). The number of amides is 3. The van der Waals surface area contributed by atoms with E-state index in [1.165, 1.54) is 26.2 Å². The second-order valence-corrected chi connectivity index (χ2v) is 8.04. The maximum Gasteiger partial charge on any atom is 0.408 e. The minimum atomic E-state index is -1.43. The molecule has 11 nitrogen and oxygen atoms in total. The van der Waals surface area contributed by atoms with E-state index in [1.807, 2.05) is 6.07 Å². The third-order valence-electron chi connectivity index (χ3n) is 5.37. The Bertz CT molecular complexity index is 1290. The second-order valence-electron chi connectivity index (χ2n) is 8.04. The maximum absolute atomic E-state index is 12.9. The van der Waals surface area contributed by atoms with E-state index in [4.69, 9.17) is 19.6 Å². The van der Waals surface area contributed by atoms with Gasteiger partial charge in [0.05, 0.1) is 13.2 Å². The van der Waals surface area contributed by atoms with Gasteiger partial charge >= 0.3 is 11.7 Å². The van der Waals surface area contributed by atoms with Gasteiger partial charge in [0.25, 0.3) is 0 Å². The van der Waals surface area contributed by atoms with Gasteiger partial charge in [0, 0.05) is 23.9 Å². The predicted octanol–water partition coefficient (Wildman–Crippen LogP) is 0.990. The fraction of sp³-hybridized carbons (Fsp3) is 0.280. The number of aliphatic hydroxyl groups excluding tert-OH is 1. The average molecular weight is 498 g/mol. The smallest absolute Gasteiger partial charge is 0.408 e. The van der Waals surface area contributed by atoms with Crippen LogP contribution < -0.4 is 26.7 Å². The van der Waals surface area contributed by atoms with Crippen LogP contribution >= 0.6 is 0 Å². The second kappa shape index (κ2) is 11.8. The van der Waals surface area contributed by atoms with Crippen LogP contribution in [0.25, 0.3) is 11.0 Å². The molecule has 36 heavy (non-hydrogen) atoms. The van der Waals surface area contributed by atoms with Crippen LogP contribution in [0.15, 0.2) is 63.8 Å². The van der Waals surface area contributed by atoms with Gasteiger partial charge in [-0.2, -0.15) is 0 Å². The number of carbonyl (C=O) groups excluding carboxylic acids is 3. The number of rotatable bonds is 10. The molecule has 1 heterocycles. The van der Waals surface area contributed by atoms with E-state index in [2.05, 4.69) is 10.6 Å². The summed E-state index contributed by atoms with van der Waals surface area (Å²) in [5.41, 5.74) is 6.20. The molecule has 0 aliphatic carbocycles. The topological polar surface area (TPSA) is 170 Å². The Hall–Kier alpha value is -4.38. The number of alkyl carbamates (subject to hydrolysis) is 1. The summed E-state index contributed by atoms with van der Waals surface area (Å²) in [5, 5.41) is 15.3. The highest BCUT2D eigenvalue weighted by molar-refractivity contribution is 5.92. The monoisotopic (exact) mass is 497 g/mol. The number of carbonyl (C=O) groups is 3. The van der Waals surface area contributed by atoms with Crippen LogP contribution in [0.2, 0.25) is 0 Å². The van der Waals surface area contributed by atoms with Crippen molar-refractivity contribution in [1.29, 1.82) is 0 Å². The quantitative estimate of drug-likeness (QED) is 0.300. The van der Waals surface area contributed by atoms with Crippen LogP contribution in [-0.2, 0) is 27.4 Å². The lowest BCUT2D eigenvalue weighted by molar-refractivity contribution is -0.130. The van der Waals surface area contributed by atoms with Gasteiger partial charge in [0.15, 0.2) is 0 Å².